The van der Waals surface area contributed by atoms with Gasteiger partial charge in [0, 0.05) is 39.3 Å². The van der Waals surface area contributed by atoms with Gasteiger partial charge in [-0.05, 0) is 25.7 Å². The minimum absolute atomic E-state index is 0.0265. The highest BCUT2D eigenvalue weighted by atomic mass is 32.2. The highest BCUT2D eigenvalue weighted by Gasteiger charge is 2.54. The van der Waals surface area contributed by atoms with Crippen LogP contribution in [0.25, 0.3) is 0 Å². The minimum Gasteiger partial charge on any atom is -0.368 e. The first-order valence-electron chi connectivity index (χ1n) is 8.67. The van der Waals surface area contributed by atoms with Crippen LogP contribution in [0.5, 0.6) is 0 Å². The van der Waals surface area contributed by atoms with Gasteiger partial charge in [-0.2, -0.15) is 4.31 Å². The van der Waals surface area contributed by atoms with Gasteiger partial charge in [0.25, 0.3) is 15.9 Å². The molecule has 1 amide bonds. The first kappa shape index (κ1) is 17.0. The molecule has 0 radical (unpaired) electrons. The third kappa shape index (κ3) is 2.78. The van der Waals surface area contributed by atoms with Crippen LogP contribution in [0.2, 0.25) is 0 Å². The maximum absolute atomic E-state index is 12.9. The molecule has 3 atom stereocenters. The molecule has 3 fully saturated rings. The Balaban J connectivity index is 1.54. The van der Waals surface area contributed by atoms with Crippen molar-refractivity contribution in [2.45, 2.75) is 36.9 Å². The zero-order valence-electron chi connectivity index (χ0n) is 14.8. The minimum atomic E-state index is -3.66. The van der Waals surface area contributed by atoms with Crippen LogP contribution in [-0.2, 0) is 26.6 Å². The van der Waals surface area contributed by atoms with Crippen molar-refractivity contribution in [1.29, 1.82) is 0 Å². The van der Waals surface area contributed by atoms with Gasteiger partial charge in [0.05, 0.1) is 12.6 Å². The number of fused-ring (bicyclic) bond motifs is 1. The molecule has 3 aliphatic rings. The van der Waals surface area contributed by atoms with Gasteiger partial charge in [-0.25, -0.2) is 13.4 Å². The molecule has 4 rings (SSSR count). The van der Waals surface area contributed by atoms with E-state index in [-0.39, 0.29) is 22.9 Å². The zero-order valence-corrected chi connectivity index (χ0v) is 15.6. The Morgan fingerprint density at radius 2 is 2.00 bits per heavy atom. The summed E-state index contributed by atoms with van der Waals surface area (Å²) in [5.41, 5.74) is 0. The second-order valence-corrected chi connectivity index (χ2v) is 9.32. The number of carbonyl (C=O) groups excluding carboxylic acids is 1. The zero-order chi connectivity index (χ0) is 17.9. The van der Waals surface area contributed by atoms with E-state index in [0.29, 0.717) is 31.4 Å². The predicted octanol–water partition coefficient (Wildman–Crippen LogP) is -0.0152. The highest BCUT2D eigenvalue weighted by Crippen LogP contribution is 2.37. The van der Waals surface area contributed by atoms with E-state index in [1.165, 1.54) is 10.5 Å². The molecule has 0 aromatic carbocycles. The summed E-state index contributed by atoms with van der Waals surface area (Å²) >= 11 is 0. The van der Waals surface area contributed by atoms with E-state index in [1.54, 1.807) is 30.5 Å². The topological polar surface area (TPSA) is 84.7 Å². The van der Waals surface area contributed by atoms with Gasteiger partial charge in [-0.3, -0.25) is 4.79 Å². The van der Waals surface area contributed by atoms with Crippen LogP contribution < -0.4 is 0 Å². The number of rotatable bonds is 5. The maximum Gasteiger partial charge on any atom is 0.262 e. The van der Waals surface area contributed by atoms with Gasteiger partial charge in [0.15, 0.2) is 5.03 Å². The molecule has 3 heterocycles. The molecular weight excluding hydrogens is 344 g/mol. The summed E-state index contributed by atoms with van der Waals surface area (Å²) < 4.78 is 34.8. The molecule has 1 aromatic rings. The molecule has 8 nitrogen and oxygen atoms in total. The summed E-state index contributed by atoms with van der Waals surface area (Å²) in [6, 6.07) is -0.128. The number of ether oxygens (including phenoxy) is 1. The number of aryl methyl sites for hydroxylation is 2. The van der Waals surface area contributed by atoms with Crippen molar-refractivity contribution in [2.75, 3.05) is 26.7 Å². The van der Waals surface area contributed by atoms with Gasteiger partial charge in [0.2, 0.25) is 0 Å². The SMILES string of the molecule is Cc1nc(S(=O)(=O)N2C[C@@H]3[C@H](OCC4CC4)C(=O)N(C)[C@@H]3C2)cn1C. The van der Waals surface area contributed by atoms with Gasteiger partial charge >= 0.3 is 0 Å². The Kier molecular flexibility index (Phi) is 3.93. The molecule has 0 spiro atoms. The molecular formula is C16H24N4O4S. The number of hydrogen-bond donors (Lipinski definition) is 0. The van der Waals surface area contributed by atoms with Crippen molar-refractivity contribution < 1.29 is 17.9 Å². The predicted molar refractivity (Wildman–Crippen MR) is 89.2 cm³/mol. The fraction of sp³-hybridized carbons (Fsp3) is 0.750. The molecule has 25 heavy (non-hydrogen) atoms. The number of sulfonamides is 1. The van der Waals surface area contributed by atoms with E-state index < -0.39 is 16.1 Å². The number of imidazole rings is 1. The number of amides is 1. The van der Waals surface area contributed by atoms with Crippen molar-refractivity contribution in [2.24, 2.45) is 18.9 Å². The van der Waals surface area contributed by atoms with Gasteiger partial charge < -0.3 is 14.2 Å². The monoisotopic (exact) mass is 368 g/mol. The molecule has 2 saturated heterocycles. The Labute approximate surface area is 147 Å². The highest BCUT2D eigenvalue weighted by molar-refractivity contribution is 7.89. The lowest BCUT2D eigenvalue weighted by atomic mass is 10.0. The van der Waals surface area contributed by atoms with Crippen LogP contribution in [0.3, 0.4) is 0 Å². The molecule has 9 heteroatoms. The number of likely N-dealkylation sites (tertiary alicyclic amines) is 1. The lowest BCUT2D eigenvalue weighted by Crippen LogP contribution is -2.39. The molecule has 1 aromatic heterocycles. The third-order valence-electron chi connectivity index (χ3n) is 5.68. The summed E-state index contributed by atoms with van der Waals surface area (Å²) in [7, 11) is -0.148. The van der Waals surface area contributed by atoms with Crippen LogP contribution in [0, 0.1) is 18.8 Å². The quantitative estimate of drug-likeness (QED) is 0.730. The summed E-state index contributed by atoms with van der Waals surface area (Å²) in [5, 5.41) is 0.0666. The second kappa shape index (κ2) is 5.78. The maximum atomic E-state index is 12.9. The van der Waals surface area contributed by atoms with Gasteiger partial charge in [0.1, 0.15) is 11.9 Å². The fourth-order valence-corrected chi connectivity index (χ4v) is 5.25. The van der Waals surface area contributed by atoms with Gasteiger partial charge in [-0.1, -0.05) is 0 Å². The average Bonchev–Trinajstić information content (AvgIpc) is 3.11. The average molecular weight is 368 g/mol. The third-order valence-corrected chi connectivity index (χ3v) is 7.38. The van der Waals surface area contributed by atoms with Crippen LogP contribution in [0.4, 0.5) is 0 Å². The molecule has 0 bridgehead atoms. The smallest absolute Gasteiger partial charge is 0.262 e. The largest absolute Gasteiger partial charge is 0.368 e. The van der Waals surface area contributed by atoms with E-state index in [2.05, 4.69) is 4.98 Å². The Hall–Kier alpha value is -1.45. The number of likely N-dealkylation sites (N-methyl/N-ethyl adjacent to an activating group) is 1. The van der Waals surface area contributed by atoms with E-state index >= 15 is 0 Å². The van der Waals surface area contributed by atoms with E-state index in [1.807, 2.05) is 0 Å². The van der Waals surface area contributed by atoms with E-state index in [4.69, 9.17) is 4.74 Å². The lowest BCUT2D eigenvalue weighted by Gasteiger charge is -2.21. The Morgan fingerprint density at radius 1 is 1.28 bits per heavy atom. The lowest BCUT2D eigenvalue weighted by molar-refractivity contribution is -0.138. The van der Waals surface area contributed by atoms with Crippen LogP contribution >= 0.6 is 0 Å². The summed E-state index contributed by atoms with van der Waals surface area (Å²) in [6.45, 7) is 2.97. The van der Waals surface area contributed by atoms with Crippen molar-refractivity contribution in [1.82, 2.24) is 18.8 Å². The summed E-state index contributed by atoms with van der Waals surface area (Å²) in [4.78, 5) is 18.3. The normalized spacial score (nSPS) is 30.3. The molecule has 1 saturated carbocycles. The molecule has 0 N–H and O–H groups in total. The van der Waals surface area contributed by atoms with Crippen LogP contribution in [-0.4, -0.2) is 72.0 Å². The molecule has 2 aliphatic heterocycles. The van der Waals surface area contributed by atoms with Crippen molar-refractivity contribution in [3.05, 3.63) is 12.0 Å². The second-order valence-electron chi connectivity index (χ2n) is 7.44. The molecule has 0 unspecified atom stereocenters. The number of aromatic nitrogens is 2. The summed E-state index contributed by atoms with van der Waals surface area (Å²) in [5.74, 6) is 1.07. The summed E-state index contributed by atoms with van der Waals surface area (Å²) in [6.07, 6.45) is 3.32. The van der Waals surface area contributed by atoms with Crippen molar-refractivity contribution >= 4 is 15.9 Å². The first-order chi connectivity index (χ1) is 11.8. The first-order valence-corrected chi connectivity index (χ1v) is 10.1. The Morgan fingerprint density at radius 3 is 2.60 bits per heavy atom. The standard InChI is InChI=1S/C16H24N4O4S/c1-10-17-14(8-18(10)2)25(22,23)20-6-12-13(7-20)19(3)16(21)15(12)24-9-11-4-5-11/h8,11-13,15H,4-7,9H2,1-3H3/t12-,13+,15-/m0/s1. The Bertz CT molecular complexity index is 782. The number of nitrogens with zero attached hydrogens (tertiary/aromatic N) is 4. The number of hydrogen-bond acceptors (Lipinski definition) is 5. The van der Waals surface area contributed by atoms with E-state index in [0.717, 1.165) is 12.8 Å². The van der Waals surface area contributed by atoms with Crippen molar-refractivity contribution in [3.63, 3.8) is 0 Å². The number of carbonyl (C=O) groups is 1. The van der Waals surface area contributed by atoms with Crippen LogP contribution in [0.1, 0.15) is 18.7 Å². The molecule has 1 aliphatic carbocycles. The fourth-order valence-electron chi connectivity index (χ4n) is 3.73. The van der Waals surface area contributed by atoms with Gasteiger partial charge in [-0.15, -0.1) is 0 Å². The molecule has 138 valence electrons. The van der Waals surface area contributed by atoms with E-state index in [9.17, 15) is 13.2 Å². The van der Waals surface area contributed by atoms with Crippen molar-refractivity contribution in [3.8, 4) is 0 Å². The van der Waals surface area contributed by atoms with Crippen LogP contribution in [0.15, 0.2) is 11.2 Å².